The zero-order valence-corrected chi connectivity index (χ0v) is 20.8. The Bertz CT molecular complexity index is 1430. The molecule has 1 N–H and O–H groups in total. The minimum Gasteiger partial charge on any atom is -0.349 e. The van der Waals surface area contributed by atoms with E-state index in [2.05, 4.69) is 10.3 Å². The number of aryl methyl sites for hydroxylation is 2. The summed E-state index contributed by atoms with van der Waals surface area (Å²) in [6.07, 6.45) is 5.22. The van der Waals surface area contributed by atoms with Crippen molar-refractivity contribution in [3.63, 3.8) is 0 Å². The molecule has 0 saturated heterocycles. The van der Waals surface area contributed by atoms with Crippen molar-refractivity contribution < 1.29 is 4.79 Å². The van der Waals surface area contributed by atoms with Gasteiger partial charge < -0.3 is 5.32 Å². The Hall–Kier alpha value is -3.38. The summed E-state index contributed by atoms with van der Waals surface area (Å²) in [6.45, 7) is 4.53. The van der Waals surface area contributed by atoms with Gasteiger partial charge in [-0.15, -0.1) is 0 Å². The van der Waals surface area contributed by atoms with Gasteiger partial charge in [0.05, 0.1) is 33.0 Å². The Morgan fingerprint density at radius 2 is 1.71 bits per heavy atom. The van der Waals surface area contributed by atoms with E-state index in [1.807, 2.05) is 71.5 Å². The minimum atomic E-state index is -0.127. The van der Waals surface area contributed by atoms with Crippen molar-refractivity contribution in [3.8, 4) is 5.69 Å². The highest BCUT2D eigenvalue weighted by Gasteiger charge is 2.25. The van der Waals surface area contributed by atoms with E-state index < -0.39 is 0 Å². The van der Waals surface area contributed by atoms with Gasteiger partial charge in [-0.1, -0.05) is 41.4 Å². The molecule has 0 unspecified atom stereocenters. The first-order valence-corrected chi connectivity index (χ1v) is 12.5. The van der Waals surface area contributed by atoms with Crippen LogP contribution in [0.2, 0.25) is 5.02 Å². The Labute approximate surface area is 209 Å². The van der Waals surface area contributed by atoms with E-state index in [-0.39, 0.29) is 17.6 Å². The number of benzene rings is 2. The molecule has 4 aromatic rings. The predicted octanol–water partition coefficient (Wildman–Crippen LogP) is 5.45. The highest BCUT2D eigenvalue weighted by molar-refractivity contribution is 6.30. The van der Waals surface area contributed by atoms with Crippen molar-refractivity contribution in [3.05, 3.63) is 93.1 Å². The molecule has 2 heterocycles. The van der Waals surface area contributed by atoms with E-state index in [1.54, 1.807) is 12.3 Å². The zero-order valence-electron chi connectivity index (χ0n) is 20.0. The maximum atomic E-state index is 13.5. The second kappa shape index (κ2) is 9.70. The molecule has 2 aromatic carbocycles. The van der Waals surface area contributed by atoms with Crippen molar-refractivity contribution in [1.29, 1.82) is 0 Å². The Morgan fingerprint density at radius 1 is 1.03 bits per heavy atom. The number of fused-ring (bicyclic) bond motifs is 1. The largest absolute Gasteiger partial charge is 0.349 e. The lowest BCUT2D eigenvalue weighted by Gasteiger charge is -2.29. The third kappa shape index (κ3) is 4.76. The molecule has 2 aromatic heterocycles. The maximum absolute atomic E-state index is 13.5. The predicted molar refractivity (Wildman–Crippen MR) is 139 cm³/mol. The summed E-state index contributed by atoms with van der Waals surface area (Å²) in [7, 11) is 0. The number of carbonyl (C=O) groups is 1. The van der Waals surface area contributed by atoms with Gasteiger partial charge in [-0.05, 0) is 75.8 Å². The van der Waals surface area contributed by atoms with E-state index in [4.69, 9.17) is 11.6 Å². The summed E-state index contributed by atoms with van der Waals surface area (Å²) >= 11 is 6.03. The molecule has 7 heteroatoms. The van der Waals surface area contributed by atoms with Gasteiger partial charge in [0.15, 0.2) is 0 Å². The smallest absolute Gasteiger partial charge is 0.333 e. The van der Waals surface area contributed by atoms with Crippen LogP contribution in [0.3, 0.4) is 0 Å². The fourth-order valence-corrected chi connectivity index (χ4v) is 5.23. The van der Waals surface area contributed by atoms with Crippen LogP contribution < -0.4 is 11.0 Å². The Balaban J connectivity index is 1.30. The molecule has 0 spiro atoms. The Morgan fingerprint density at radius 3 is 2.43 bits per heavy atom. The van der Waals surface area contributed by atoms with Crippen LogP contribution in [0.1, 0.15) is 47.3 Å². The summed E-state index contributed by atoms with van der Waals surface area (Å²) in [5.74, 6) is 0.256. The van der Waals surface area contributed by atoms with Gasteiger partial charge in [-0.3, -0.25) is 18.9 Å². The molecular weight excluding hydrogens is 460 g/mol. The zero-order chi connectivity index (χ0) is 24.5. The van der Waals surface area contributed by atoms with Crippen molar-refractivity contribution in [1.82, 2.24) is 19.4 Å². The van der Waals surface area contributed by atoms with Gasteiger partial charge in [0.1, 0.15) is 0 Å². The number of rotatable bonds is 5. The molecule has 0 atom stereocenters. The topological polar surface area (TPSA) is 68.9 Å². The van der Waals surface area contributed by atoms with Crippen LogP contribution >= 0.6 is 11.6 Å². The van der Waals surface area contributed by atoms with E-state index in [1.165, 1.54) is 0 Å². The van der Waals surface area contributed by atoms with Crippen LogP contribution in [0.25, 0.3) is 16.7 Å². The lowest BCUT2D eigenvalue weighted by Crippen LogP contribution is -2.39. The summed E-state index contributed by atoms with van der Waals surface area (Å²) < 4.78 is 3.72. The standard InChI is InChI=1S/C28H29ClN4O2/c1-18-7-13-23(14-8-18)33-26-6-4-3-5-25(26)32(28(33)35)17-20-9-11-22(12-10-20)31-27(34)24-15-21(29)16-30-19(24)2/h3-8,13-16,20,22H,9-12,17H2,1-2H3,(H,31,34)/t20-,22-. The Kier molecular flexibility index (Phi) is 6.48. The van der Waals surface area contributed by atoms with Gasteiger partial charge in [-0.25, -0.2) is 4.79 Å². The molecule has 6 nitrogen and oxygen atoms in total. The van der Waals surface area contributed by atoms with Crippen molar-refractivity contribution >= 4 is 28.5 Å². The fraction of sp³-hybridized carbons (Fsp3) is 0.321. The molecule has 35 heavy (non-hydrogen) atoms. The molecule has 0 aliphatic heterocycles. The number of hydrogen-bond donors (Lipinski definition) is 1. The van der Waals surface area contributed by atoms with Gasteiger partial charge in [-0.2, -0.15) is 0 Å². The molecule has 1 amide bonds. The van der Waals surface area contributed by atoms with Crippen molar-refractivity contribution in [2.45, 2.75) is 52.1 Å². The van der Waals surface area contributed by atoms with Crippen LogP contribution in [-0.4, -0.2) is 26.1 Å². The van der Waals surface area contributed by atoms with Gasteiger partial charge >= 0.3 is 5.69 Å². The van der Waals surface area contributed by atoms with Gasteiger partial charge in [0.25, 0.3) is 5.91 Å². The second-order valence-corrected chi connectivity index (χ2v) is 9.97. The molecule has 5 rings (SSSR count). The minimum absolute atomic E-state index is 0.00518. The monoisotopic (exact) mass is 488 g/mol. The number of aromatic nitrogens is 3. The van der Waals surface area contributed by atoms with Crippen LogP contribution in [-0.2, 0) is 6.54 Å². The van der Waals surface area contributed by atoms with E-state index in [0.29, 0.717) is 28.7 Å². The molecule has 180 valence electrons. The number of para-hydroxylation sites is 2. The quantitative estimate of drug-likeness (QED) is 0.406. The lowest BCUT2D eigenvalue weighted by atomic mass is 9.85. The summed E-state index contributed by atoms with van der Waals surface area (Å²) in [6, 6.07) is 17.8. The summed E-state index contributed by atoms with van der Waals surface area (Å²) in [4.78, 5) is 30.5. The third-order valence-corrected chi connectivity index (χ3v) is 7.26. The average Bonchev–Trinajstić information content (AvgIpc) is 3.13. The highest BCUT2D eigenvalue weighted by Crippen LogP contribution is 2.28. The van der Waals surface area contributed by atoms with Crippen molar-refractivity contribution in [2.24, 2.45) is 5.92 Å². The molecule has 1 aliphatic rings. The number of hydrogen-bond acceptors (Lipinski definition) is 3. The summed E-state index contributed by atoms with van der Waals surface area (Å²) in [5, 5.41) is 3.61. The first-order chi connectivity index (χ1) is 16.9. The van der Waals surface area contributed by atoms with Crippen LogP contribution in [0, 0.1) is 19.8 Å². The molecule has 0 radical (unpaired) electrons. The van der Waals surface area contributed by atoms with Crippen molar-refractivity contribution in [2.75, 3.05) is 0 Å². The molecule has 0 bridgehead atoms. The number of imidazole rings is 1. The lowest BCUT2D eigenvalue weighted by molar-refractivity contribution is 0.0919. The molecular formula is C28H29ClN4O2. The van der Waals surface area contributed by atoms with E-state index in [9.17, 15) is 9.59 Å². The van der Waals surface area contributed by atoms with Crippen LogP contribution in [0.4, 0.5) is 0 Å². The van der Waals surface area contributed by atoms with Crippen LogP contribution in [0.5, 0.6) is 0 Å². The normalized spacial score (nSPS) is 18.0. The van der Waals surface area contributed by atoms with Gasteiger partial charge in [0, 0.05) is 18.8 Å². The first-order valence-electron chi connectivity index (χ1n) is 12.1. The number of nitrogens with one attached hydrogen (secondary N) is 1. The van der Waals surface area contributed by atoms with E-state index >= 15 is 0 Å². The number of nitrogens with zero attached hydrogens (tertiary/aromatic N) is 3. The third-order valence-electron chi connectivity index (χ3n) is 7.05. The van der Waals surface area contributed by atoms with Crippen LogP contribution in [0.15, 0.2) is 65.6 Å². The molecule has 1 fully saturated rings. The number of halogens is 1. The average molecular weight is 489 g/mol. The number of amides is 1. The second-order valence-electron chi connectivity index (χ2n) is 9.53. The summed E-state index contributed by atoms with van der Waals surface area (Å²) in [5.41, 5.74) is 5.11. The number of carbonyl (C=O) groups excluding carboxylic acids is 1. The maximum Gasteiger partial charge on any atom is 0.333 e. The first kappa shape index (κ1) is 23.4. The SMILES string of the molecule is Cc1ccc(-n2c(=O)n(C[C@H]3CC[C@H](NC(=O)c4cc(Cl)cnc4C)CC3)c3ccccc32)cc1. The fourth-order valence-electron chi connectivity index (χ4n) is 5.08. The highest BCUT2D eigenvalue weighted by atomic mass is 35.5. The number of pyridine rings is 1. The molecule has 1 aliphatic carbocycles. The molecule has 1 saturated carbocycles. The van der Waals surface area contributed by atoms with E-state index in [0.717, 1.165) is 48.0 Å². The van der Waals surface area contributed by atoms with Gasteiger partial charge in [0.2, 0.25) is 0 Å².